The lowest BCUT2D eigenvalue weighted by molar-refractivity contribution is 0.132. The molecule has 0 aromatic carbocycles. The van der Waals surface area contributed by atoms with Crippen LogP contribution in [0.5, 0.6) is 0 Å². The molecule has 0 saturated carbocycles. The van der Waals surface area contributed by atoms with Gasteiger partial charge in [0.15, 0.2) is 9.84 Å². The second-order valence-corrected chi connectivity index (χ2v) is 7.03. The average Bonchev–Trinajstić information content (AvgIpc) is 2.19. The molecule has 4 nitrogen and oxygen atoms in total. The van der Waals surface area contributed by atoms with Crippen LogP contribution in [0.3, 0.4) is 0 Å². The van der Waals surface area contributed by atoms with Crippen molar-refractivity contribution >= 4 is 9.84 Å². The topological polar surface area (TPSA) is 49.4 Å². The third-order valence-electron chi connectivity index (χ3n) is 3.63. The zero-order chi connectivity index (χ0) is 10.9. The van der Waals surface area contributed by atoms with Crippen molar-refractivity contribution < 1.29 is 8.42 Å². The maximum absolute atomic E-state index is 11.3. The Hall–Kier alpha value is -0.130. The van der Waals surface area contributed by atoms with Gasteiger partial charge in [0, 0.05) is 25.7 Å². The van der Waals surface area contributed by atoms with Crippen molar-refractivity contribution in [3.05, 3.63) is 0 Å². The minimum Gasteiger partial charge on any atom is -0.315 e. The molecule has 88 valence electrons. The Labute approximate surface area is 91.9 Å². The summed E-state index contributed by atoms with van der Waals surface area (Å²) in [7, 11) is -2.73. The van der Waals surface area contributed by atoms with Crippen molar-refractivity contribution in [1.82, 2.24) is 10.2 Å². The molecule has 2 saturated heterocycles. The summed E-state index contributed by atoms with van der Waals surface area (Å²) in [4.78, 5) is 2.35. The Balaban J connectivity index is 1.94. The Morgan fingerprint density at radius 1 is 1.27 bits per heavy atom. The van der Waals surface area contributed by atoms with Gasteiger partial charge < -0.3 is 5.32 Å². The number of sulfone groups is 1. The molecule has 2 aliphatic heterocycles. The molecule has 2 rings (SSSR count). The molecule has 2 aliphatic rings. The minimum absolute atomic E-state index is 0.343. The molecule has 1 N–H and O–H groups in total. The van der Waals surface area contributed by atoms with E-state index in [2.05, 4.69) is 17.1 Å². The fourth-order valence-corrected chi connectivity index (χ4v) is 3.75. The second-order valence-electron chi connectivity index (χ2n) is 4.73. The molecule has 0 aromatic heterocycles. The fraction of sp³-hybridized carbons (Fsp3) is 1.00. The third-order valence-corrected chi connectivity index (χ3v) is 5.24. The number of rotatable bonds is 1. The Morgan fingerprint density at radius 3 is 2.53 bits per heavy atom. The maximum Gasteiger partial charge on any atom is 0.152 e. The van der Waals surface area contributed by atoms with Gasteiger partial charge in [-0.1, -0.05) is 6.92 Å². The SMILES string of the molecule is CC1CCNCC1N1CCS(=O)(=O)CC1. The van der Waals surface area contributed by atoms with Crippen molar-refractivity contribution in [3.63, 3.8) is 0 Å². The first-order chi connectivity index (χ1) is 7.08. The van der Waals surface area contributed by atoms with Crippen LogP contribution in [0.2, 0.25) is 0 Å². The van der Waals surface area contributed by atoms with Crippen LogP contribution in [0.15, 0.2) is 0 Å². The number of piperidine rings is 1. The summed E-state index contributed by atoms with van der Waals surface area (Å²) in [5, 5.41) is 3.39. The van der Waals surface area contributed by atoms with Crippen molar-refractivity contribution in [1.29, 1.82) is 0 Å². The van der Waals surface area contributed by atoms with Gasteiger partial charge in [0.05, 0.1) is 11.5 Å². The van der Waals surface area contributed by atoms with Crippen LogP contribution in [0.4, 0.5) is 0 Å². The van der Waals surface area contributed by atoms with Crippen molar-refractivity contribution in [2.24, 2.45) is 5.92 Å². The van der Waals surface area contributed by atoms with Gasteiger partial charge in [0.1, 0.15) is 0 Å². The first kappa shape index (κ1) is 11.4. The van der Waals surface area contributed by atoms with Crippen LogP contribution in [-0.4, -0.2) is 57.0 Å². The first-order valence-electron chi connectivity index (χ1n) is 5.74. The zero-order valence-electron chi connectivity index (χ0n) is 9.28. The predicted molar refractivity (Wildman–Crippen MR) is 60.7 cm³/mol. The van der Waals surface area contributed by atoms with E-state index in [0.717, 1.165) is 26.2 Å². The van der Waals surface area contributed by atoms with Crippen molar-refractivity contribution in [2.45, 2.75) is 19.4 Å². The van der Waals surface area contributed by atoms with E-state index in [1.54, 1.807) is 0 Å². The summed E-state index contributed by atoms with van der Waals surface area (Å²) in [6.45, 7) is 5.83. The molecule has 0 amide bonds. The number of hydrogen-bond donors (Lipinski definition) is 1. The molecule has 5 heteroatoms. The van der Waals surface area contributed by atoms with E-state index in [-0.39, 0.29) is 0 Å². The highest BCUT2D eigenvalue weighted by Crippen LogP contribution is 2.19. The van der Waals surface area contributed by atoms with E-state index < -0.39 is 9.84 Å². The molecule has 2 fully saturated rings. The summed E-state index contributed by atoms with van der Waals surface area (Å²) in [6, 6.07) is 0.536. The molecule has 0 aliphatic carbocycles. The highest BCUT2D eigenvalue weighted by Gasteiger charge is 2.31. The van der Waals surface area contributed by atoms with E-state index in [9.17, 15) is 8.42 Å². The van der Waals surface area contributed by atoms with E-state index >= 15 is 0 Å². The largest absolute Gasteiger partial charge is 0.315 e. The fourth-order valence-electron chi connectivity index (χ4n) is 2.52. The summed E-state index contributed by atoms with van der Waals surface area (Å²) in [5.74, 6) is 1.37. The number of nitrogens with zero attached hydrogens (tertiary/aromatic N) is 1. The normalized spacial score (nSPS) is 37.7. The molecular weight excluding hydrogens is 212 g/mol. The Kier molecular flexibility index (Phi) is 3.33. The van der Waals surface area contributed by atoms with Gasteiger partial charge in [-0.25, -0.2) is 8.42 Å². The molecule has 15 heavy (non-hydrogen) atoms. The molecule has 0 aromatic rings. The predicted octanol–water partition coefficient (Wildman–Crippen LogP) is -0.285. The van der Waals surface area contributed by atoms with Gasteiger partial charge in [-0.15, -0.1) is 0 Å². The van der Waals surface area contributed by atoms with Crippen molar-refractivity contribution in [3.8, 4) is 0 Å². The molecular formula is C10H20N2O2S. The molecule has 0 spiro atoms. The maximum atomic E-state index is 11.3. The number of nitrogens with one attached hydrogen (secondary N) is 1. The number of hydrogen-bond acceptors (Lipinski definition) is 4. The van der Waals surface area contributed by atoms with Crippen LogP contribution in [-0.2, 0) is 9.84 Å². The van der Waals surface area contributed by atoms with Gasteiger partial charge >= 0.3 is 0 Å². The van der Waals surface area contributed by atoms with E-state index in [1.807, 2.05) is 0 Å². The molecule has 2 unspecified atom stereocenters. The van der Waals surface area contributed by atoms with Gasteiger partial charge in [0.2, 0.25) is 0 Å². The molecule has 0 radical (unpaired) electrons. The third kappa shape index (κ3) is 2.71. The van der Waals surface area contributed by atoms with Crippen LogP contribution in [0.1, 0.15) is 13.3 Å². The summed E-state index contributed by atoms with van der Waals surface area (Å²) >= 11 is 0. The smallest absolute Gasteiger partial charge is 0.152 e. The Morgan fingerprint density at radius 2 is 1.93 bits per heavy atom. The van der Waals surface area contributed by atoms with Crippen LogP contribution in [0.25, 0.3) is 0 Å². The zero-order valence-corrected chi connectivity index (χ0v) is 10.1. The average molecular weight is 232 g/mol. The van der Waals surface area contributed by atoms with Gasteiger partial charge in [0.25, 0.3) is 0 Å². The second kappa shape index (κ2) is 4.39. The van der Waals surface area contributed by atoms with Crippen LogP contribution < -0.4 is 5.32 Å². The Bertz CT molecular complexity index is 301. The molecule has 2 heterocycles. The first-order valence-corrected chi connectivity index (χ1v) is 7.56. The lowest BCUT2D eigenvalue weighted by Crippen LogP contribution is -2.54. The molecule has 0 bridgehead atoms. The van der Waals surface area contributed by atoms with E-state index in [1.165, 1.54) is 6.42 Å². The minimum atomic E-state index is -2.73. The lowest BCUT2D eigenvalue weighted by Gasteiger charge is -2.40. The highest BCUT2D eigenvalue weighted by atomic mass is 32.2. The van der Waals surface area contributed by atoms with Gasteiger partial charge in [-0.2, -0.15) is 0 Å². The lowest BCUT2D eigenvalue weighted by atomic mass is 9.93. The highest BCUT2D eigenvalue weighted by molar-refractivity contribution is 7.91. The van der Waals surface area contributed by atoms with E-state index in [4.69, 9.17) is 0 Å². The van der Waals surface area contributed by atoms with Crippen LogP contribution >= 0.6 is 0 Å². The van der Waals surface area contributed by atoms with Crippen molar-refractivity contribution in [2.75, 3.05) is 37.7 Å². The van der Waals surface area contributed by atoms with E-state index in [0.29, 0.717) is 23.5 Å². The van der Waals surface area contributed by atoms with Crippen LogP contribution in [0, 0.1) is 5.92 Å². The molecule has 2 atom stereocenters. The standard InChI is InChI=1S/C10H20N2O2S/c1-9-2-3-11-8-10(9)12-4-6-15(13,14)7-5-12/h9-11H,2-8H2,1H3. The summed E-state index contributed by atoms with van der Waals surface area (Å²) in [5.41, 5.74) is 0. The quantitative estimate of drug-likeness (QED) is 0.675. The van der Waals surface area contributed by atoms with Gasteiger partial charge in [-0.05, 0) is 18.9 Å². The summed E-state index contributed by atoms with van der Waals surface area (Å²) in [6.07, 6.45) is 1.20. The monoisotopic (exact) mass is 232 g/mol. The van der Waals surface area contributed by atoms with Gasteiger partial charge in [-0.3, -0.25) is 4.90 Å². The summed E-state index contributed by atoms with van der Waals surface area (Å²) < 4.78 is 22.6.